The van der Waals surface area contributed by atoms with Gasteiger partial charge in [-0.2, -0.15) is 5.10 Å². The fourth-order valence-corrected chi connectivity index (χ4v) is 9.43. The van der Waals surface area contributed by atoms with Gasteiger partial charge in [0, 0.05) is 37.4 Å². The minimum absolute atomic E-state index is 0. The molecule has 0 bridgehead atoms. The molecule has 0 saturated carbocycles. The standard InChI is InChI=1S/C35H29N4O.C15H18NSi.Ir/c1-21(2)28-19-24(23-11-6-5-7-12-23)20-29(22(3)4)32(28)39-34(37-30-17-18-36-38-35(30)39)27-15-10-14-26-25-13-8-9-16-31(25)40-33(26)27;1-12-10-14(13-8-6-5-7-9-13)16-11-15(12)17(2,3)4;/h5-14,16-22H,1-4H3;5-8,10-11H,1-4H3;/q2*-1;. The molecule has 0 aliphatic rings. The van der Waals surface area contributed by atoms with Crippen molar-refractivity contribution in [2.75, 3.05) is 0 Å². The molecule has 293 valence electrons. The normalized spacial score (nSPS) is 11.6. The first kappa shape index (κ1) is 40.7. The molecule has 0 aliphatic carbocycles. The zero-order valence-corrected chi connectivity index (χ0v) is 37.7. The van der Waals surface area contributed by atoms with Crippen molar-refractivity contribution in [2.45, 2.75) is 66.1 Å². The molecular formula is C50H47IrN5OSi-2. The Labute approximate surface area is 355 Å². The summed E-state index contributed by atoms with van der Waals surface area (Å²) in [6.45, 7) is 18.2. The first-order valence-corrected chi connectivity index (χ1v) is 23.2. The van der Waals surface area contributed by atoms with Crippen LogP contribution in [0.15, 0.2) is 132 Å². The molecule has 4 aromatic heterocycles. The van der Waals surface area contributed by atoms with Gasteiger partial charge in [0.25, 0.3) is 0 Å². The Hall–Kier alpha value is -5.53. The molecule has 0 amide bonds. The molecule has 0 spiro atoms. The second-order valence-electron chi connectivity index (χ2n) is 16.3. The molecule has 58 heavy (non-hydrogen) atoms. The Morgan fingerprint density at radius 3 is 2.10 bits per heavy atom. The van der Waals surface area contributed by atoms with Crippen molar-refractivity contribution in [1.82, 2.24) is 24.7 Å². The van der Waals surface area contributed by atoms with Gasteiger partial charge in [0.05, 0.1) is 25.7 Å². The number of imidazole rings is 1. The second kappa shape index (κ2) is 16.7. The van der Waals surface area contributed by atoms with Crippen LogP contribution in [0.4, 0.5) is 0 Å². The molecule has 0 saturated heterocycles. The summed E-state index contributed by atoms with van der Waals surface area (Å²) >= 11 is 0. The van der Waals surface area contributed by atoms with Crippen molar-refractivity contribution < 1.29 is 24.5 Å². The summed E-state index contributed by atoms with van der Waals surface area (Å²) in [6, 6.07) is 46.1. The maximum atomic E-state index is 6.44. The molecule has 8 heteroatoms. The Morgan fingerprint density at radius 1 is 0.724 bits per heavy atom. The van der Waals surface area contributed by atoms with Gasteiger partial charge in [0.15, 0.2) is 5.65 Å². The largest absolute Gasteiger partial charge is 0.501 e. The van der Waals surface area contributed by atoms with Crippen molar-refractivity contribution in [2.24, 2.45) is 0 Å². The molecule has 0 unspecified atom stereocenters. The summed E-state index contributed by atoms with van der Waals surface area (Å²) in [6.07, 6.45) is 3.75. The molecule has 0 fully saturated rings. The number of hydrogen-bond acceptors (Lipinski definition) is 5. The van der Waals surface area contributed by atoms with E-state index in [0.717, 1.165) is 61.4 Å². The minimum Gasteiger partial charge on any atom is -0.501 e. The Balaban J connectivity index is 0.000000240. The average molecular weight is 954 g/mol. The van der Waals surface area contributed by atoms with Crippen molar-refractivity contribution in [3.05, 3.63) is 156 Å². The quantitative estimate of drug-likeness (QED) is 0.118. The van der Waals surface area contributed by atoms with Crippen LogP contribution in [-0.2, 0) is 20.1 Å². The molecule has 0 N–H and O–H groups in total. The van der Waals surface area contributed by atoms with E-state index < -0.39 is 8.07 Å². The van der Waals surface area contributed by atoms with Crippen molar-refractivity contribution in [3.63, 3.8) is 0 Å². The van der Waals surface area contributed by atoms with E-state index in [1.165, 1.54) is 33.0 Å². The summed E-state index contributed by atoms with van der Waals surface area (Å²) in [4.78, 5) is 9.71. The number of benzene rings is 5. The van der Waals surface area contributed by atoms with Crippen LogP contribution in [-0.4, -0.2) is 32.8 Å². The summed E-state index contributed by atoms with van der Waals surface area (Å²) < 4.78 is 8.62. The topological polar surface area (TPSA) is 69.6 Å². The van der Waals surface area contributed by atoms with Gasteiger partial charge in [0.1, 0.15) is 11.1 Å². The average Bonchev–Trinajstić information content (AvgIpc) is 3.79. The van der Waals surface area contributed by atoms with E-state index >= 15 is 0 Å². The Bertz CT molecular complexity index is 2830. The van der Waals surface area contributed by atoms with Crippen LogP contribution in [0.3, 0.4) is 0 Å². The third kappa shape index (κ3) is 7.84. The molecule has 0 atom stereocenters. The third-order valence-electron chi connectivity index (χ3n) is 10.5. The fraction of sp³-hybridized carbons (Fsp3) is 0.200. The predicted molar refractivity (Wildman–Crippen MR) is 238 cm³/mol. The number of furan rings is 1. The van der Waals surface area contributed by atoms with Crippen LogP contribution in [0.25, 0.3) is 72.6 Å². The van der Waals surface area contributed by atoms with E-state index in [2.05, 4.69) is 159 Å². The summed E-state index contributed by atoms with van der Waals surface area (Å²) in [5.74, 6) is 1.25. The van der Waals surface area contributed by atoms with Gasteiger partial charge >= 0.3 is 0 Å². The van der Waals surface area contributed by atoms with Crippen LogP contribution in [0.5, 0.6) is 0 Å². The first-order valence-electron chi connectivity index (χ1n) is 19.7. The monoisotopic (exact) mass is 954 g/mol. The third-order valence-corrected chi connectivity index (χ3v) is 12.7. The zero-order valence-electron chi connectivity index (χ0n) is 34.3. The van der Waals surface area contributed by atoms with Gasteiger partial charge in [-0.3, -0.25) is 4.98 Å². The van der Waals surface area contributed by atoms with E-state index in [4.69, 9.17) is 9.40 Å². The molecule has 0 aliphatic heterocycles. The number of rotatable bonds is 7. The first-order chi connectivity index (χ1) is 27.5. The number of aromatic nitrogens is 5. The molecule has 4 heterocycles. The number of pyridine rings is 1. The Morgan fingerprint density at radius 2 is 1.43 bits per heavy atom. The predicted octanol–water partition coefficient (Wildman–Crippen LogP) is 12.5. The van der Waals surface area contributed by atoms with Gasteiger partial charge in [-0.1, -0.05) is 118 Å². The number of nitrogens with zero attached hydrogens (tertiary/aromatic N) is 5. The SMILES string of the molecule is CC(C)c1cc(-c2ccccc2)cc(C(C)C)c1-n1c(-c2[c-]ccc3c2oc2ccccc23)nc2ccnnc21.Cc1cc(-c2[c-]cccc2)ncc1[Si](C)(C)C.[Ir]. The number of fused-ring (bicyclic) bond motifs is 4. The van der Waals surface area contributed by atoms with Crippen LogP contribution < -0.4 is 5.19 Å². The molecule has 1 radical (unpaired) electrons. The maximum absolute atomic E-state index is 6.44. The summed E-state index contributed by atoms with van der Waals surface area (Å²) in [5, 5.41) is 12.4. The van der Waals surface area contributed by atoms with Gasteiger partial charge < -0.3 is 14.0 Å². The number of aryl methyl sites for hydroxylation is 1. The fourth-order valence-electron chi connectivity index (χ4n) is 7.72. The second-order valence-corrected chi connectivity index (χ2v) is 21.3. The van der Waals surface area contributed by atoms with Crippen molar-refractivity contribution in [3.8, 4) is 39.5 Å². The van der Waals surface area contributed by atoms with Crippen molar-refractivity contribution in [1.29, 1.82) is 0 Å². The van der Waals surface area contributed by atoms with Crippen LogP contribution in [0.2, 0.25) is 19.6 Å². The van der Waals surface area contributed by atoms with E-state index in [-0.39, 0.29) is 31.9 Å². The van der Waals surface area contributed by atoms with E-state index in [9.17, 15) is 0 Å². The van der Waals surface area contributed by atoms with Crippen LogP contribution in [0, 0.1) is 19.1 Å². The van der Waals surface area contributed by atoms with Gasteiger partial charge in [-0.25, -0.2) is 0 Å². The van der Waals surface area contributed by atoms with Gasteiger partial charge in [-0.15, -0.1) is 59.2 Å². The van der Waals surface area contributed by atoms with E-state index in [1.807, 2.05) is 48.5 Å². The Kier molecular flexibility index (Phi) is 11.7. The number of hydrogen-bond donors (Lipinski definition) is 0. The van der Waals surface area contributed by atoms with Gasteiger partial charge in [-0.05, 0) is 76.2 Å². The zero-order chi connectivity index (χ0) is 39.8. The molecule has 9 aromatic rings. The van der Waals surface area contributed by atoms with Crippen molar-refractivity contribution >= 4 is 46.4 Å². The smallest absolute Gasteiger partial charge is 0.178 e. The van der Waals surface area contributed by atoms with E-state index in [0.29, 0.717) is 0 Å². The van der Waals surface area contributed by atoms with Crippen LogP contribution in [0.1, 0.15) is 56.2 Å². The maximum Gasteiger partial charge on any atom is 0.178 e. The summed E-state index contributed by atoms with van der Waals surface area (Å²) in [7, 11) is -1.27. The molecule has 6 nitrogen and oxygen atoms in total. The van der Waals surface area contributed by atoms with Gasteiger partial charge in [0.2, 0.25) is 0 Å². The molecule has 9 rings (SSSR count). The van der Waals surface area contributed by atoms with Crippen LogP contribution >= 0.6 is 0 Å². The van der Waals surface area contributed by atoms with E-state index in [1.54, 1.807) is 6.20 Å². The summed E-state index contributed by atoms with van der Waals surface area (Å²) in [5.41, 5.74) is 13.3. The number of para-hydroxylation sites is 1. The molecular weight excluding hydrogens is 907 g/mol. The molecule has 5 aromatic carbocycles. The minimum atomic E-state index is -1.27.